The molecule has 5 heteroatoms. The van der Waals surface area contributed by atoms with Gasteiger partial charge in [0.2, 0.25) is 0 Å². The Bertz CT molecular complexity index is 629. The quantitative estimate of drug-likeness (QED) is 0.867. The number of hydrogen-bond donors (Lipinski definition) is 0. The summed E-state index contributed by atoms with van der Waals surface area (Å²) in [7, 11) is 1.59. The van der Waals surface area contributed by atoms with E-state index in [1.54, 1.807) is 7.11 Å². The molecule has 0 atom stereocenters. The predicted molar refractivity (Wildman–Crippen MR) is 83.9 cm³/mol. The van der Waals surface area contributed by atoms with Crippen LogP contribution in [0.2, 0.25) is 0 Å². The molecule has 2 aliphatic rings. The lowest BCUT2D eigenvalue weighted by atomic mass is 9.56. The first-order chi connectivity index (χ1) is 10.8. The van der Waals surface area contributed by atoms with Crippen LogP contribution in [0.4, 0.5) is 5.69 Å². The van der Waals surface area contributed by atoms with Crippen LogP contribution in [0.1, 0.15) is 18.4 Å². The van der Waals surface area contributed by atoms with Gasteiger partial charge in [0.25, 0.3) is 0 Å². The molecule has 0 unspecified atom stereocenters. The van der Waals surface area contributed by atoms with Gasteiger partial charge in [0.15, 0.2) is 0 Å². The Labute approximate surface area is 130 Å². The van der Waals surface area contributed by atoms with Gasteiger partial charge >= 0.3 is 6.01 Å². The summed E-state index contributed by atoms with van der Waals surface area (Å²) in [6.07, 6.45) is 11.4. The first-order valence-corrected chi connectivity index (χ1v) is 7.76. The van der Waals surface area contributed by atoms with Crippen molar-refractivity contribution in [2.24, 2.45) is 11.3 Å². The number of anilines is 1. The monoisotopic (exact) mass is 296 g/mol. The molecule has 2 aromatic rings. The molecular weight excluding hydrogens is 276 g/mol. The average Bonchev–Trinajstić information content (AvgIpc) is 2.49. The van der Waals surface area contributed by atoms with Crippen LogP contribution in [0.15, 0.2) is 36.9 Å². The van der Waals surface area contributed by atoms with Crippen molar-refractivity contribution in [3.05, 3.63) is 42.5 Å². The maximum atomic E-state index is 5.00. The molecule has 0 bridgehead atoms. The zero-order valence-corrected chi connectivity index (χ0v) is 12.8. The van der Waals surface area contributed by atoms with Crippen molar-refractivity contribution in [1.82, 2.24) is 15.0 Å². The van der Waals surface area contributed by atoms with Crippen LogP contribution in [-0.4, -0.2) is 35.2 Å². The third-order valence-corrected chi connectivity index (χ3v) is 4.91. The number of ether oxygens (including phenoxy) is 1. The summed E-state index contributed by atoms with van der Waals surface area (Å²) in [5, 5.41) is 0. The Morgan fingerprint density at radius 1 is 1.23 bits per heavy atom. The van der Waals surface area contributed by atoms with Crippen LogP contribution in [0.5, 0.6) is 6.01 Å². The number of methoxy groups -OCH3 is 1. The lowest BCUT2D eigenvalue weighted by Gasteiger charge is -2.60. The standard InChI is InChI=1S/C17H20N4O/c1-22-16-19-9-15(10-20-16)21-11-17(12-21)6-14(7-17)5-13-3-2-4-18-8-13/h2-4,8-10,14H,5-7,11-12H2,1H3. The molecule has 2 aromatic heterocycles. The molecule has 1 aliphatic heterocycles. The molecule has 5 nitrogen and oxygen atoms in total. The van der Waals surface area contributed by atoms with E-state index in [9.17, 15) is 0 Å². The van der Waals surface area contributed by atoms with Gasteiger partial charge in [-0.05, 0) is 36.8 Å². The summed E-state index contributed by atoms with van der Waals surface area (Å²) in [6.45, 7) is 2.26. The molecule has 1 saturated heterocycles. The summed E-state index contributed by atoms with van der Waals surface area (Å²) in [5.74, 6) is 0.818. The molecule has 0 amide bonds. The predicted octanol–water partition coefficient (Wildman–Crippen LogP) is 2.34. The van der Waals surface area contributed by atoms with Crippen LogP contribution < -0.4 is 9.64 Å². The largest absolute Gasteiger partial charge is 0.467 e. The lowest BCUT2D eigenvalue weighted by Crippen LogP contribution is -2.62. The molecular formula is C17H20N4O. The third-order valence-electron chi connectivity index (χ3n) is 4.91. The van der Waals surface area contributed by atoms with Gasteiger partial charge in [0.05, 0.1) is 25.2 Å². The van der Waals surface area contributed by atoms with Crippen LogP contribution in [-0.2, 0) is 6.42 Å². The third kappa shape index (κ3) is 2.40. The van der Waals surface area contributed by atoms with Gasteiger partial charge in [-0.1, -0.05) is 6.07 Å². The minimum absolute atomic E-state index is 0.430. The molecule has 1 saturated carbocycles. The zero-order valence-electron chi connectivity index (χ0n) is 12.8. The Kier molecular flexibility index (Phi) is 3.21. The van der Waals surface area contributed by atoms with Gasteiger partial charge < -0.3 is 9.64 Å². The Hall–Kier alpha value is -2.17. The lowest BCUT2D eigenvalue weighted by molar-refractivity contribution is 0.0239. The second kappa shape index (κ2) is 5.23. The van der Waals surface area contributed by atoms with Gasteiger partial charge in [0, 0.05) is 30.9 Å². The van der Waals surface area contributed by atoms with Crippen molar-refractivity contribution in [3.63, 3.8) is 0 Å². The average molecular weight is 296 g/mol. The second-order valence-electron chi connectivity index (χ2n) is 6.62. The Morgan fingerprint density at radius 3 is 2.64 bits per heavy atom. The van der Waals surface area contributed by atoms with E-state index in [0.29, 0.717) is 11.4 Å². The molecule has 114 valence electrons. The van der Waals surface area contributed by atoms with Crippen LogP contribution in [0.25, 0.3) is 0 Å². The fraction of sp³-hybridized carbons (Fsp3) is 0.471. The Morgan fingerprint density at radius 2 is 2.00 bits per heavy atom. The molecule has 0 aromatic carbocycles. The van der Waals surface area contributed by atoms with E-state index in [1.807, 2.05) is 30.9 Å². The molecule has 4 rings (SSSR count). The van der Waals surface area contributed by atoms with E-state index in [2.05, 4.69) is 25.9 Å². The number of hydrogen-bond acceptors (Lipinski definition) is 5. The fourth-order valence-electron chi connectivity index (χ4n) is 3.94. The van der Waals surface area contributed by atoms with Gasteiger partial charge in [-0.15, -0.1) is 0 Å². The normalized spacial score (nSPS) is 19.6. The van der Waals surface area contributed by atoms with Crippen LogP contribution in [0, 0.1) is 11.3 Å². The molecule has 3 heterocycles. The van der Waals surface area contributed by atoms with Gasteiger partial charge in [0.1, 0.15) is 0 Å². The highest BCUT2D eigenvalue weighted by Gasteiger charge is 2.52. The molecule has 0 radical (unpaired) electrons. The van der Waals surface area contributed by atoms with Crippen molar-refractivity contribution in [3.8, 4) is 6.01 Å². The smallest absolute Gasteiger partial charge is 0.316 e. The van der Waals surface area contributed by atoms with Gasteiger partial charge in [-0.2, -0.15) is 0 Å². The number of pyridine rings is 1. The number of aromatic nitrogens is 3. The van der Waals surface area contributed by atoms with E-state index >= 15 is 0 Å². The first kappa shape index (κ1) is 13.5. The Balaban J connectivity index is 1.29. The SMILES string of the molecule is COc1ncc(N2CC3(CC(Cc4cccnc4)C3)C2)cn1. The highest BCUT2D eigenvalue weighted by atomic mass is 16.5. The van der Waals surface area contributed by atoms with Gasteiger partial charge in [-0.3, -0.25) is 4.98 Å². The van der Waals surface area contributed by atoms with E-state index < -0.39 is 0 Å². The fourth-order valence-corrected chi connectivity index (χ4v) is 3.94. The van der Waals surface area contributed by atoms with Crippen molar-refractivity contribution >= 4 is 5.69 Å². The zero-order chi connectivity index (χ0) is 15.0. The molecule has 0 N–H and O–H groups in total. The number of rotatable bonds is 4. The van der Waals surface area contributed by atoms with E-state index in [4.69, 9.17) is 4.74 Å². The highest BCUT2D eigenvalue weighted by molar-refractivity contribution is 5.47. The summed E-state index contributed by atoms with van der Waals surface area (Å²) in [6, 6.07) is 4.64. The minimum atomic E-state index is 0.430. The maximum absolute atomic E-state index is 5.00. The summed E-state index contributed by atoms with van der Waals surface area (Å²) >= 11 is 0. The van der Waals surface area contributed by atoms with E-state index in [1.165, 1.54) is 24.8 Å². The van der Waals surface area contributed by atoms with E-state index in [0.717, 1.165) is 24.7 Å². The van der Waals surface area contributed by atoms with Crippen LogP contribution in [0.3, 0.4) is 0 Å². The summed E-state index contributed by atoms with van der Waals surface area (Å²) in [4.78, 5) is 14.9. The summed E-state index contributed by atoms with van der Waals surface area (Å²) < 4.78 is 5.00. The molecule has 1 spiro atoms. The first-order valence-electron chi connectivity index (χ1n) is 7.76. The van der Waals surface area contributed by atoms with Crippen molar-refractivity contribution in [2.75, 3.05) is 25.1 Å². The number of nitrogens with zero attached hydrogens (tertiary/aromatic N) is 4. The summed E-state index contributed by atoms with van der Waals surface area (Å²) in [5.41, 5.74) is 3.00. The van der Waals surface area contributed by atoms with Crippen molar-refractivity contribution < 1.29 is 4.74 Å². The molecule has 2 fully saturated rings. The highest BCUT2D eigenvalue weighted by Crippen LogP contribution is 2.53. The van der Waals surface area contributed by atoms with Crippen molar-refractivity contribution in [1.29, 1.82) is 0 Å². The second-order valence-corrected chi connectivity index (χ2v) is 6.62. The topological polar surface area (TPSA) is 51.1 Å². The maximum Gasteiger partial charge on any atom is 0.316 e. The van der Waals surface area contributed by atoms with E-state index in [-0.39, 0.29) is 0 Å². The van der Waals surface area contributed by atoms with Crippen molar-refractivity contribution in [2.45, 2.75) is 19.3 Å². The molecule has 1 aliphatic carbocycles. The van der Waals surface area contributed by atoms with Gasteiger partial charge in [-0.25, -0.2) is 9.97 Å². The van der Waals surface area contributed by atoms with Crippen LogP contribution >= 0.6 is 0 Å². The minimum Gasteiger partial charge on any atom is -0.467 e. The molecule has 22 heavy (non-hydrogen) atoms.